The van der Waals surface area contributed by atoms with Gasteiger partial charge in [-0.15, -0.1) is 21.5 Å². The van der Waals surface area contributed by atoms with E-state index in [1.54, 1.807) is 28.8 Å². The molecule has 0 unspecified atom stereocenters. The van der Waals surface area contributed by atoms with Crippen molar-refractivity contribution in [1.82, 2.24) is 39.8 Å². The quantitative estimate of drug-likeness (QED) is 0.423. The van der Waals surface area contributed by atoms with Crippen LogP contribution >= 0.6 is 11.3 Å². The molecule has 5 aromatic rings. The highest BCUT2D eigenvalue weighted by atomic mass is 32.1. The number of carbonyl (C=O) groups is 1. The molecule has 1 atom stereocenters. The number of para-hydroxylation sites is 1. The number of rotatable bonds is 4. The zero-order valence-electron chi connectivity index (χ0n) is 18.1. The van der Waals surface area contributed by atoms with Crippen LogP contribution in [0.4, 0.5) is 0 Å². The first-order valence-corrected chi connectivity index (χ1v) is 12.1. The number of fused-ring (bicyclic) bond motifs is 2. The second-order valence-electron chi connectivity index (χ2n) is 8.64. The number of hydrogen-bond donors (Lipinski definition) is 1. The maximum absolute atomic E-state index is 13.6. The van der Waals surface area contributed by atoms with Crippen molar-refractivity contribution in [3.63, 3.8) is 0 Å². The Morgan fingerprint density at radius 1 is 1.21 bits per heavy atom. The first-order chi connectivity index (χ1) is 16.7. The normalized spacial score (nSPS) is 18.2. The molecule has 34 heavy (non-hydrogen) atoms. The van der Waals surface area contributed by atoms with E-state index >= 15 is 0 Å². The molecule has 0 saturated heterocycles. The second-order valence-corrected chi connectivity index (χ2v) is 9.71. The highest BCUT2D eigenvalue weighted by Gasteiger charge is 2.38. The third-order valence-corrected chi connectivity index (χ3v) is 7.72. The molecule has 1 saturated carbocycles. The average molecular weight is 473 g/mol. The maximum Gasteiger partial charge on any atom is 0.312 e. The van der Waals surface area contributed by atoms with Gasteiger partial charge in [0.05, 0.1) is 40.0 Å². The SMILES string of the molecule is O=C(c1nnc(-c2cnn(C3CCC3)c2)o1)N1CCc2[nH]cnc2[C@H]1c1nc2ccccc2s1. The fourth-order valence-corrected chi connectivity index (χ4v) is 5.69. The molecular formula is C23H20N8O2S. The number of thiazole rings is 1. The topological polar surface area (TPSA) is 119 Å². The summed E-state index contributed by atoms with van der Waals surface area (Å²) in [7, 11) is 0. The molecule has 1 aliphatic carbocycles. The Hall–Kier alpha value is -3.86. The van der Waals surface area contributed by atoms with Crippen LogP contribution in [0.5, 0.6) is 0 Å². The zero-order valence-corrected chi connectivity index (χ0v) is 18.9. The van der Waals surface area contributed by atoms with Gasteiger partial charge in [-0.2, -0.15) is 5.10 Å². The van der Waals surface area contributed by atoms with Gasteiger partial charge in [-0.3, -0.25) is 9.48 Å². The Bertz CT molecular complexity index is 1480. The van der Waals surface area contributed by atoms with Gasteiger partial charge in [0, 0.05) is 24.9 Å². The van der Waals surface area contributed by atoms with E-state index in [-0.39, 0.29) is 11.8 Å². The fourth-order valence-electron chi connectivity index (χ4n) is 4.60. The number of benzene rings is 1. The van der Waals surface area contributed by atoms with Crippen LogP contribution in [-0.2, 0) is 6.42 Å². The van der Waals surface area contributed by atoms with Crippen LogP contribution in [0.25, 0.3) is 21.7 Å². The lowest BCUT2D eigenvalue weighted by Gasteiger charge is -2.32. The number of H-pyrrole nitrogens is 1. The van der Waals surface area contributed by atoms with Gasteiger partial charge in [0.2, 0.25) is 0 Å². The third-order valence-electron chi connectivity index (χ3n) is 6.64. The zero-order chi connectivity index (χ0) is 22.6. The Morgan fingerprint density at radius 2 is 2.12 bits per heavy atom. The lowest BCUT2D eigenvalue weighted by molar-refractivity contribution is 0.0650. The number of aromatic nitrogens is 7. The highest BCUT2D eigenvalue weighted by Crippen LogP contribution is 2.38. The van der Waals surface area contributed by atoms with Crippen LogP contribution in [0.2, 0.25) is 0 Å². The third kappa shape index (κ3) is 3.07. The van der Waals surface area contributed by atoms with Crippen molar-refractivity contribution < 1.29 is 9.21 Å². The summed E-state index contributed by atoms with van der Waals surface area (Å²) in [5.41, 5.74) is 3.44. The molecule has 11 heteroatoms. The number of amides is 1. The molecule has 0 bridgehead atoms. The Morgan fingerprint density at radius 3 is 2.97 bits per heavy atom. The van der Waals surface area contributed by atoms with Gasteiger partial charge < -0.3 is 14.3 Å². The van der Waals surface area contributed by atoms with Gasteiger partial charge in [-0.05, 0) is 31.4 Å². The van der Waals surface area contributed by atoms with Gasteiger partial charge >= 0.3 is 11.8 Å². The van der Waals surface area contributed by atoms with E-state index in [4.69, 9.17) is 9.40 Å². The predicted molar refractivity (Wildman–Crippen MR) is 123 cm³/mol. The Kier molecular flexibility index (Phi) is 4.37. The van der Waals surface area contributed by atoms with Crippen LogP contribution in [0, 0.1) is 0 Å². The van der Waals surface area contributed by atoms with Gasteiger partial charge in [0.1, 0.15) is 11.0 Å². The van der Waals surface area contributed by atoms with Crippen LogP contribution < -0.4 is 0 Å². The molecule has 1 amide bonds. The molecule has 1 aliphatic heterocycles. The summed E-state index contributed by atoms with van der Waals surface area (Å²) in [6, 6.07) is 7.97. The van der Waals surface area contributed by atoms with E-state index < -0.39 is 6.04 Å². The second kappa shape index (κ2) is 7.59. The van der Waals surface area contributed by atoms with E-state index in [0.717, 1.165) is 45.0 Å². The van der Waals surface area contributed by atoms with Crippen molar-refractivity contribution in [1.29, 1.82) is 0 Å². The standard InChI is InChI=1S/C23H20N8O2S/c32-23(21-29-28-20(33-21)13-10-26-31(11-13)14-4-3-5-14)30-9-8-16-18(25-12-24-16)19(30)22-27-15-6-1-2-7-17(15)34-22/h1-2,6-7,10-12,14,19H,3-5,8-9H2,(H,24,25)/t19-/m0/s1. The molecule has 1 fully saturated rings. The van der Waals surface area contributed by atoms with Gasteiger partial charge in [0.25, 0.3) is 5.89 Å². The lowest BCUT2D eigenvalue weighted by atomic mass is 9.93. The van der Waals surface area contributed by atoms with E-state index in [1.165, 1.54) is 6.42 Å². The van der Waals surface area contributed by atoms with Crippen molar-refractivity contribution in [3.05, 3.63) is 65.3 Å². The molecule has 0 radical (unpaired) electrons. The van der Waals surface area contributed by atoms with Gasteiger partial charge in [-0.25, -0.2) is 9.97 Å². The summed E-state index contributed by atoms with van der Waals surface area (Å²) in [5.74, 6) is -0.0811. The largest absolute Gasteiger partial charge is 0.412 e. The Balaban J connectivity index is 1.22. The number of imidazole rings is 1. The summed E-state index contributed by atoms with van der Waals surface area (Å²) < 4.78 is 8.84. The van der Waals surface area contributed by atoms with Crippen molar-refractivity contribution in [2.75, 3.05) is 6.54 Å². The number of nitrogens with zero attached hydrogens (tertiary/aromatic N) is 7. The number of hydrogen-bond acceptors (Lipinski definition) is 8. The Labute approximate surface area is 197 Å². The molecule has 170 valence electrons. The summed E-state index contributed by atoms with van der Waals surface area (Å²) in [5, 5.41) is 13.4. The minimum absolute atomic E-state index is 0.0449. The molecule has 10 nitrogen and oxygen atoms in total. The van der Waals surface area contributed by atoms with Crippen LogP contribution in [0.1, 0.15) is 58.4 Å². The summed E-state index contributed by atoms with van der Waals surface area (Å²) in [6.45, 7) is 0.492. The summed E-state index contributed by atoms with van der Waals surface area (Å²) in [6.07, 6.45) is 9.44. The smallest absolute Gasteiger partial charge is 0.312 e. The van der Waals surface area contributed by atoms with Crippen LogP contribution in [-0.4, -0.2) is 52.3 Å². The van der Waals surface area contributed by atoms with E-state index in [2.05, 4.69) is 25.3 Å². The first-order valence-electron chi connectivity index (χ1n) is 11.3. The predicted octanol–water partition coefficient (Wildman–Crippen LogP) is 3.78. The van der Waals surface area contributed by atoms with Gasteiger partial charge in [0.15, 0.2) is 0 Å². The average Bonchev–Trinajstić information content (AvgIpc) is 3.62. The number of carbonyl (C=O) groups excluding carboxylic acids is 1. The van der Waals surface area contributed by atoms with Crippen molar-refractivity contribution in [2.45, 2.75) is 37.8 Å². The van der Waals surface area contributed by atoms with Crippen molar-refractivity contribution in [3.8, 4) is 11.5 Å². The monoisotopic (exact) mass is 472 g/mol. The molecule has 5 heterocycles. The van der Waals surface area contributed by atoms with Crippen LogP contribution in [0.3, 0.4) is 0 Å². The molecule has 1 aromatic carbocycles. The minimum Gasteiger partial charge on any atom is -0.412 e. The number of aromatic amines is 1. The first kappa shape index (κ1) is 19.6. The number of nitrogens with one attached hydrogen (secondary N) is 1. The van der Waals surface area contributed by atoms with Crippen LogP contribution in [0.15, 0.2) is 47.4 Å². The molecule has 2 aliphatic rings. The van der Waals surface area contributed by atoms with Crippen molar-refractivity contribution in [2.24, 2.45) is 0 Å². The molecule has 7 rings (SSSR count). The summed E-state index contributed by atoms with van der Waals surface area (Å²) in [4.78, 5) is 27.9. The lowest BCUT2D eigenvalue weighted by Crippen LogP contribution is -2.40. The van der Waals surface area contributed by atoms with E-state index in [1.807, 2.05) is 35.1 Å². The summed E-state index contributed by atoms with van der Waals surface area (Å²) >= 11 is 1.57. The molecule has 4 aromatic heterocycles. The maximum atomic E-state index is 13.6. The molecule has 0 spiro atoms. The fraction of sp³-hybridized carbons (Fsp3) is 0.304. The van der Waals surface area contributed by atoms with Gasteiger partial charge in [-0.1, -0.05) is 12.1 Å². The molecular weight excluding hydrogens is 452 g/mol. The minimum atomic E-state index is -0.420. The highest BCUT2D eigenvalue weighted by molar-refractivity contribution is 7.18. The van der Waals surface area contributed by atoms with Crippen molar-refractivity contribution >= 4 is 27.5 Å². The molecule has 1 N–H and O–H groups in total. The van der Waals surface area contributed by atoms with E-state index in [9.17, 15) is 4.79 Å². The van der Waals surface area contributed by atoms with E-state index in [0.29, 0.717) is 24.9 Å².